The van der Waals surface area contributed by atoms with Gasteiger partial charge in [0.1, 0.15) is 16.7 Å². The van der Waals surface area contributed by atoms with Gasteiger partial charge in [-0.05, 0) is 56.0 Å². The summed E-state index contributed by atoms with van der Waals surface area (Å²) in [6, 6.07) is 13.3. The number of halogens is 2. The molecule has 8 nitrogen and oxygen atoms in total. The first-order chi connectivity index (χ1) is 18.1. The lowest BCUT2D eigenvalue weighted by atomic mass is 9.99. The summed E-state index contributed by atoms with van der Waals surface area (Å²) in [6.07, 6.45) is 0.515. The van der Waals surface area contributed by atoms with Crippen LogP contribution in [0.1, 0.15) is 59.3 Å². The fourth-order valence-corrected chi connectivity index (χ4v) is 4.73. The third kappa shape index (κ3) is 5.35. The molecule has 0 saturated carbocycles. The molecule has 2 N–H and O–H groups in total. The van der Waals surface area contributed by atoms with Crippen molar-refractivity contribution in [3.63, 3.8) is 0 Å². The Morgan fingerprint density at radius 2 is 1.87 bits per heavy atom. The summed E-state index contributed by atoms with van der Waals surface area (Å²) in [5.74, 6) is -0.614. The van der Waals surface area contributed by atoms with Gasteiger partial charge in [-0.15, -0.1) is 0 Å². The number of aromatic nitrogens is 4. The number of fused-ring (bicyclic) bond motifs is 1. The highest BCUT2D eigenvalue weighted by atomic mass is 35.5. The molecule has 0 aliphatic rings. The van der Waals surface area contributed by atoms with E-state index in [1.165, 1.54) is 15.1 Å². The molecule has 0 fully saturated rings. The topological polar surface area (TPSA) is 98.5 Å². The van der Waals surface area contributed by atoms with Gasteiger partial charge in [-0.3, -0.25) is 9.36 Å². The van der Waals surface area contributed by atoms with Gasteiger partial charge in [0.05, 0.1) is 18.3 Å². The van der Waals surface area contributed by atoms with Crippen molar-refractivity contribution >= 4 is 23.2 Å². The van der Waals surface area contributed by atoms with Gasteiger partial charge in [0, 0.05) is 12.1 Å². The van der Waals surface area contributed by atoms with Crippen molar-refractivity contribution < 1.29 is 9.18 Å². The van der Waals surface area contributed by atoms with E-state index < -0.39 is 17.5 Å². The van der Waals surface area contributed by atoms with Crippen molar-refractivity contribution in [1.29, 1.82) is 0 Å². The van der Waals surface area contributed by atoms with E-state index in [1.807, 2.05) is 44.2 Å². The number of nitrogens with two attached hydrogens (primary N) is 1. The molecule has 2 aromatic heterocycles. The summed E-state index contributed by atoms with van der Waals surface area (Å²) in [7, 11) is 0. The summed E-state index contributed by atoms with van der Waals surface area (Å²) < 4.78 is 17.2. The molecule has 10 heteroatoms. The Bertz CT molecular complexity index is 1520. The van der Waals surface area contributed by atoms with Gasteiger partial charge in [-0.25, -0.2) is 14.2 Å². The Hall–Kier alpha value is -3.56. The molecule has 0 saturated heterocycles. The van der Waals surface area contributed by atoms with Gasteiger partial charge in [-0.2, -0.15) is 9.61 Å². The quantitative estimate of drug-likeness (QED) is 0.337. The number of carbonyl (C=O) groups excluding carboxylic acids is 1. The van der Waals surface area contributed by atoms with E-state index in [9.17, 15) is 14.0 Å². The van der Waals surface area contributed by atoms with E-state index in [-0.39, 0.29) is 34.6 Å². The first kappa shape index (κ1) is 27.5. The number of nitrogens with zero attached hydrogens (tertiary/aromatic N) is 5. The van der Waals surface area contributed by atoms with Crippen molar-refractivity contribution in [3.8, 4) is 0 Å². The van der Waals surface area contributed by atoms with E-state index in [0.717, 1.165) is 5.56 Å². The highest BCUT2D eigenvalue weighted by Crippen LogP contribution is 2.31. The molecule has 4 rings (SSSR count). The zero-order valence-corrected chi connectivity index (χ0v) is 22.7. The zero-order valence-electron chi connectivity index (χ0n) is 22.0. The molecule has 2 heterocycles. The maximum Gasteiger partial charge on any atom is 0.352 e. The monoisotopic (exact) mass is 538 g/mol. The minimum Gasteiger partial charge on any atom is -0.330 e. The molecular weight excluding hydrogens is 507 g/mol. The Morgan fingerprint density at radius 3 is 2.50 bits per heavy atom. The summed E-state index contributed by atoms with van der Waals surface area (Å²) in [5.41, 5.74) is 7.67. The van der Waals surface area contributed by atoms with Gasteiger partial charge in [0.25, 0.3) is 5.91 Å². The van der Waals surface area contributed by atoms with Crippen molar-refractivity contribution in [2.24, 2.45) is 11.7 Å². The number of aryl methyl sites for hydroxylation is 2. The molecule has 0 spiro atoms. The Morgan fingerprint density at radius 1 is 1.16 bits per heavy atom. The summed E-state index contributed by atoms with van der Waals surface area (Å²) in [6.45, 7) is 8.13. The molecule has 0 aliphatic heterocycles. The van der Waals surface area contributed by atoms with Crippen LogP contribution in [0.2, 0.25) is 5.02 Å². The normalized spacial score (nSPS) is 12.3. The van der Waals surface area contributed by atoms with E-state index >= 15 is 0 Å². The van der Waals surface area contributed by atoms with Gasteiger partial charge in [0.2, 0.25) is 0 Å². The van der Waals surface area contributed by atoms with E-state index in [2.05, 4.69) is 5.10 Å². The highest BCUT2D eigenvalue weighted by molar-refractivity contribution is 6.34. The number of amides is 1. The number of rotatable bonds is 9. The second kappa shape index (κ2) is 11.4. The molecule has 1 amide bonds. The second-order valence-corrected chi connectivity index (χ2v) is 10.1. The fourth-order valence-electron chi connectivity index (χ4n) is 4.57. The minimum absolute atomic E-state index is 0.161. The molecule has 0 unspecified atom stereocenters. The Kier molecular flexibility index (Phi) is 8.28. The Labute approximate surface area is 225 Å². The van der Waals surface area contributed by atoms with E-state index in [1.54, 1.807) is 30.9 Å². The number of benzene rings is 2. The number of carbonyl (C=O) groups is 1. The average Bonchev–Trinajstić information content (AvgIpc) is 3.18. The van der Waals surface area contributed by atoms with Crippen LogP contribution in [0.5, 0.6) is 0 Å². The lowest BCUT2D eigenvalue weighted by molar-refractivity contribution is 0.0601. The molecular formula is C28H32ClFN6O2. The van der Waals surface area contributed by atoms with Crippen LogP contribution in [-0.4, -0.2) is 43.1 Å². The zero-order chi connectivity index (χ0) is 27.6. The number of hydrogen-bond donors (Lipinski definition) is 1. The Balaban J connectivity index is 1.95. The SMILES string of the molecule is Cc1ccc(C(=O)N(CCCN)[C@H](c2nc3c(Cl)c(C)nn3c(=O)n2Cc2ccccc2)C(C)C)cc1F. The summed E-state index contributed by atoms with van der Waals surface area (Å²) >= 11 is 6.50. The standard InChI is InChI=1S/C28H32ClFN6O2/c1-17(2)24(34(14-8-13-31)27(37)21-12-11-18(3)22(30)15-21)26-32-25-23(29)19(4)33-36(25)28(38)35(26)16-20-9-6-5-7-10-20/h5-7,9-12,15,17,24H,8,13-14,16,31H2,1-4H3/t24-/m0/s1. The summed E-state index contributed by atoms with van der Waals surface area (Å²) in [5, 5.41) is 4.58. The van der Waals surface area contributed by atoms with Crippen LogP contribution in [0.3, 0.4) is 0 Å². The van der Waals surface area contributed by atoms with E-state index in [0.29, 0.717) is 36.6 Å². The molecule has 200 valence electrons. The van der Waals surface area contributed by atoms with Crippen LogP contribution in [0.4, 0.5) is 4.39 Å². The van der Waals surface area contributed by atoms with Crippen LogP contribution in [0.25, 0.3) is 5.65 Å². The fraction of sp³-hybridized carbons (Fsp3) is 0.357. The minimum atomic E-state index is -0.633. The maximum atomic E-state index is 14.4. The molecule has 2 aromatic carbocycles. The van der Waals surface area contributed by atoms with Crippen LogP contribution in [-0.2, 0) is 6.54 Å². The van der Waals surface area contributed by atoms with Gasteiger partial charge < -0.3 is 10.6 Å². The van der Waals surface area contributed by atoms with Crippen LogP contribution in [0.15, 0.2) is 53.3 Å². The van der Waals surface area contributed by atoms with Crippen LogP contribution >= 0.6 is 11.6 Å². The predicted octanol–water partition coefficient (Wildman–Crippen LogP) is 4.54. The molecule has 0 radical (unpaired) electrons. The lowest BCUT2D eigenvalue weighted by Crippen LogP contribution is -2.43. The molecule has 0 bridgehead atoms. The van der Waals surface area contributed by atoms with Crippen molar-refractivity contribution in [2.45, 2.75) is 46.7 Å². The smallest absolute Gasteiger partial charge is 0.330 e. The number of hydrogen-bond acceptors (Lipinski definition) is 5. The maximum absolute atomic E-state index is 14.4. The van der Waals surface area contributed by atoms with Crippen LogP contribution < -0.4 is 11.4 Å². The largest absolute Gasteiger partial charge is 0.352 e. The molecule has 1 atom stereocenters. The third-order valence-electron chi connectivity index (χ3n) is 6.57. The predicted molar refractivity (Wildman–Crippen MR) is 146 cm³/mol. The highest BCUT2D eigenvalue weighted by Gasteiger charge is 2.33. The van der Waals surface area contributed by atoms with Gasteiger partial charge >= 0.3 is 5.69 Å². The van der Waals surface area contributed by atoms with Gasteiger partial charge in [0.15, 0.2) is 5.65 Å². The van der Waals surface area contributed by atoms with E-state index in [4.69, 9.17) is 22.3 Å². The third-order valence-corrected chi connectivity index (χ3v) is 7.01. The first-order valence-electron chi connectivity index (χ1n) is 12.6. The summed E-state index contributed by atoms with van der Waals surface area (Å²) in [4.78, 5) is 34.2. The van der Waals surface area contributed by atoms with Crippen molar-refractivity contribution in [3.05, 3.63) is 98.1 Å². The van der Waals surface area contributed by atoms with Gasteiger partial charge in [-0.1, -0.05) is 61.8 Å². The lowest BCUT2D eigenvalue weighted by Gasteiger charge is -2.35. The van der Waals surface area contributed by atoms with Crippen molar-refractivity contribution in [1.82, 2.24) is 24.1 Å². The average molecular weight is 539 g/mol. The van der Waals surface area contributed by atoms with Crippen molar-refractivity contribution in [2.75, 3.05) is 13.1 Å². The molecule has 38 heavy (non-hydrogen) atoms. The first-order valence-corrected chi connectivity index (χ1v) is 13.0. The second-order valence-electron chi connectivity index (χ2n) is 9.75. The molecule has 0 aliphatic carbocycles. The molecule has 4 aromatic rings. The van der Waals surface area contributed by atoms with Crippen LogP contribution in [0, 0.1) is 25.6 Å².